The Morgan fingerprint density at radius 2 is 2.27 bits per heavy atom. The molecule has 62 valence electrons. The Morgan fingerprint density at radius 1 is 1.73 bits per heavy atom. The van der Waals surface area contributed by atoms with E-state index in [1.165, 1.54) is 0 Å². The molecule has 11 heavy (non-hydrogen) atoms. The summed E-state index contributed by atoms with van der Waals surface area (Å²) in [6.45, 7) is 5.34. The quantitative estimate of drug-likeness (QED) is 0.481. The van der Waals surface area contributed by atoms with Gasteiger partial charge in [0.2, 0.25) is 0 Å². The van der Waals surface area contributed by atoms with Crippen LogP contribution in [-0.2, 0) is 9.59 Å². The lowest BCUT2D eigenvalue weighted by atomic mass is 9.95. The molecule has 1 atom stereocenters. The van der Waals surface area contributed by atoms with Crippen molar-refractivity contribution in [1.82, 2.24) is 0 Å². The summed E-state index contributed by atoms with van der Waals surface area (Å²) in [5.41, 5.74) is 0.750. The van der Waals surface area contributed by atoms with Crippen LogP contribution >= 0.6 is 0 Å². The summed E-state index contributed by atoms with van der Waals surface area (Å²) in [5.74, 6) is -1.09. The summed E-state index contributed by atoms with van der Waals surface area (Å²) in [5, 5.41) is 8.40. The first-order chi connectivity index (χ1) is 5.07. The second kappa shape index (κ2) is 4.66. The van der Waals surface area contributed by atoms with Gasteiger partial charge in [0.1, 0.15) is 6.29 Å². The summed E-state index contributed by atoms with van der Waals surface area (Å²) in [7, 11) is 0. The highest BCUT2D eigenvalue weighted by molar-refractivity contribution is 5.68. The fourth-order valence-corrected chi connectivity index (χ4v) is 0.786. The molecule has 0 heterocycles. The Hall–Kier alpha value is -1.12. The number of carboxylic acid groups (broad SMARTS) is 1. The van der Waals surface area contributed by atoms with Crippen LogP contribution in [0.1, 0.15) is 19.8 Å². The summed E-state index contributed by atoms with van der Waals surface area (Å²) in [6, 6.07) is 0. The van der Waals surface area contributed by atoms with Gasteiger partial charge in [-0.3, -0.25) is 4.79 Å². The Morgan fingerprint density at radius 3 is 2.55 bits per heavy atom. The highest BCUT2D eigenvalue weighted by Gasteiger charge is 2.12. The minimum Gasteiger partial charge on any atom is -0.481 e. The van der Waals surface area contributed by atoms with Gasteiger partial charge in [0.15, 0.2) is 0 Å². The van der Waals surface area contributed by atoms with Crippen LogP contribution in [0.15, 0.2) is 12.2 Å². The molecule has 0 bridgehead atoms. The Kier molecular flexibility index (Phi) is 4.18. The molecule has 0 rings (SSSR count). The van der Waals surface area contributed by atoms with E-state index in [-0.39, 0.29) is 18.8 Å². The average Bonchev–Trinajstić information content (AvgIpc) is 1.86. The molecular formula is C8H12O3. The van der Waals surface area contributed by atoms with Crippen LogP contribution < -0.4 is 0 Å². The van der Waals surface area contributed by atoms with Crippen molar-refractivity contribution in [3.63, 3.8) is 0 Å². The topological polar surface area (TPSA) is 54.4 Å². The van der Waals surface area contributed by atoms with Crippen LogP contribution in [0.5, 0.6) is 0 Å². The van der Waals surface area contributed by atoms with Gasteiger partial charge in [0.25, 0.3) is 0 Å². The molecule has 0 saturated heterocycles. The van der Waals surface area contributed by atoms with Gasteiger partial charge in [-0.2, -0.15) is 0 Å². The van der Waals surface area contributed by atoms with Crippen molar-refractivity contribution in [2.75, 3.05) is 0 Å². The van der Waals surface area contributed by atoms with Crippen molar-refractivity contribution in [3.8, 4) is 0 Å². The molecule has 0 unspecified atom stereocenters. The second-order valence-electron chi connectivity index (χ2n) is 2.54. The second-order valence-corrected chi connectivity index (χ2v) is 2.54. The fraction of sp³-hybridized carbons (Fsp3) is 0.500. The molecule has 0 fully saturated rings. The minimum atomic E-state index is -0.889. The van der Waals surface area contributed by atoms with Crippen molar-refractivity contribution in [2.45, 2.75) is 19.8 Å². The molecule has 0 radical (unpaired) electrons. The van der Waals surface area contributed by atoms with Crippen molar-refractivity contribution in [2.24, 2.45) is 5.92 Å². The van der Waals surface area contributed by atoms with E-state index >= 15 is 0 Å². The van der Waals surface area contributed by atoms with E-state index < -0.39 is 5.97 Å². The summed E-state index contributed by atoms with van der Waals surface area (Å²) >= 11 is 0. The van der Waals surface area contributed by atoms with E-state index in [1.54, 1.807) is 6.92 Å². The molecule has 0 saturated carbocycles. The van der Waals surface area contributed by atoms with Crippen LogP contribution in [0.2, 0.25) is 0 Å². The SMILES string of the molecule is C=C(C)[C@@H](CC=O)CC(=O)O. The van der Waals surface area contributed by atoms with Gasteiger partial charge in [0.05, 0.1) is 6.42 Å². The number of hydrogen-bond donors (Lipinski definition) is 1. The van der Waals surface area contributed by atoms with E-state index in [4.69, 9.17) is 5.11 Å². The lowest BCUT2D eigenvalue weighted by molar-refractivity contribution is -0.137. The monoisotopic (exact) mass is 156 g/mol. The Balaban J connectivity index is 3.99. The van der Waals surface area contributed by atoms with Gasteiger partial charge in [-0.1, -0.05) is 12.2 Å². The smallest absolute Gasteiger partial charge is 0.303 e. The van der Waals surface area contributed by atoms with E-state index in [9.17, 15) is 9.59 Å². The molecule has 0 aliphatic rings. The molecule has 1 N–H and O–H groups in total. The Labute approximate surface area is 65.7 Å². The maximum Gasteiger partial charge on any atom is 0.303 e. The standard InChI is InChI=1S/C8H12O3/c1-6(2)7(3-4-9)5-8(10)11/h4,7H,1,3,5H2,2H3,(H,10,11)/t7-/m0/s1. The van der Waals surface area contributed by atoms with Crippen LogP contribution in [0.25, 0.3) is 0 Å². The number of carbonyl (C=O) groups excluding carboxylic acids is 1. The highest BCUT2D eigenvalue weighted by Crippen LogP contribution is 2.15. The zero-order chi connectivity index (χ0) is 8.85. The first-order valence-corrected chi connectivity index (χ1v) is 3.38. The molecular weight excluding hydrogens is 144 g/mol. The number of aldehydes is 1. The van der Waals surface area contributed by atoms with E-state index in [2.05, 4.69) is 6.58 Å². The van der Waals surface area contributed by atoms with E-state index in [0.717, 1.165) is 11.9 Å². The molecule has 0 aromatic rings. The molecule has 0 aromatic carbocycles. The number of aliphatic carboxylic acids is 1. The van der Waals surface area contributed by atoms with Gasteiger partial charge in [-0.25, -0.2) is 0 Å². The van der Waals surface area contributed by atoms with Crippen molar-refractivity contribution >= 4 is 12.3 Å². The van der Waals surface area contributed by atoms with E-state index in [0.29, 0.717) is 0 Å². The highest BCUT2D eigenvalue weighted by atomic mass is 16.4. The zero-order valence-electron chi connectivity index (χ0n) is 6.54. The molecule has 0 spiro atoms. The van der Waals surface area contributed by atoms with Crippen LogP contribution in [0.3, 0.4) is 0 Å². The maximum absolute atomic E-state index is 10.2. The predicted molar refractivity (Wildman–Crippen MR) is 41.2 cm³/mol. The normalized spacial score (nSPS) is 12.1. The van der Waals surface area contributed by atoms with Gasteiger partial charge < -0.3 is 9.90 Å². The number of allylic oxidation sites excluding steroid dienone is 1. The van der Waals surface area contributed by atoms with Gasteiger partial charge in [0, 0.05) is 6.42 Å². The van der Waals surface area contributed by atoms with Gasteiger partial charge in [-0.05, 0) is 12.8 Å². The third kappa shape index (κ3) is 4.31. The zero-order valence-corrected chi connectivity index (χ0v) is 6.54. The van der Waals surface area contributed by atoms with Crippen molar-refractivity contribution in [3.05, 3.63) is 12.2 Å². The first kappa shape index (κ1) is 9.88. The van der Waals surface area contributed by atoms with Crippen LogP contribution in [-0.4, -0.2) is 17.4 Å². The fourth-order valence-electron chi connectivity index (χ4n) is 0.786. The number of carboxylic acids is 1. The van der Waals surface area contributed by atoms with Gasteiger partial charge >= 0.3 is 5.97 Å². The summed E-state index contributed by atoms with van der Waals surface area (Å²) in [6.07, 6.45) is 0.970. The van der Waals surface area contributed by atoms with Gasteiger partial charge in [-0.15, -0.1) is 0 Å². The first-order valence-electron chi connectivity index (χ1n) is 3.38. The molecule has 3 nitrogen and oxygen atoms in total. The maximum atomic E-state index is 10.2. The third-order valence-electron chi connectivity index (χ3n) is 1.50. The lowest BCUT2D eigenvalue weighted by Gasteiger charge is -2.09. The number of hydrogen-bond acceptors (Lipinski definition) is 2. The largest absolute Gasteiger partial charge is 0.481 e. The molecule has 3 heteroatoms. The van der Waals surface area contributed by atoms with Crippen molar-refractivity contribution in [1.29, 1.82) is 0 Å². The third-order valence-corrected chi connectivity index (χ3v) is 1.50. The Bertz CT molecular complexity index is 172. The molecule has 0 aliphatic heterocycles. The summed E-state index contributed by atoms with van der Waals surface area (Å²) < 4.78 is 0. The molecule has 0 amide bonds. The minimum absolute atomic E-state index is 0.00588. The van der Waals surface area contributed by atoms with Crippen LogP contribution in [0.4, 0.5) is 0 Å². The van der Waals surface area contributed by atoms with Crippen molar-refractivity contribution < 1.29 is 14.7 Å². The number of rotatable bonds is 5. The summed E-state index contributed by atoms with van der Waals surface area (Å²) in [4.78, 5) is 20.3. The lowest BCUT2D eigenvalue weighted by Crippen LogP contribution is -2.08. The van der Waals surface area contributed by atoms with Crippen LogP contribution in [0, 0.1) is 5.92 Å². The number of carbonyl (C=O) groups is 2. The molecule has 0 aliphatic carbocycles. The van der Waals surface area contributed by atoms with E-state index in [1.807, 2.05) is 0 Å². The predicted octanol–water partition coefficient (Wildman–Crippen LogP) is 1.24. The average molecular weight is 156 g/mol. The molecule has 0 aromatic heterocycles.